The lowest BCUT2D eigenvalue weighted by Gasteiger charge is -2.46. The lowest BCUT2D eigenvalue weighted by molar-refractivity contribution is -0.150. The quantitative estimate of drug-likeness (QED) is 0.819. The van der Waals surface area contributed by atoms with Crippen molar-refractivity contribution in [3.05, 3.63) is 23.4 Å². The smallest absolute Gasteiger partial charge is 0.257 e. The Kier molecular flexibility index (Phi) is 4.26. The molecule has 0 spiro atoms. The van der Waals surface area contributed by atoms with Crippen molar-refractivity contribution in [2.75, 3.05) is 39.3 Å². The van der Waals surface area contributed by atoms with Crippen molar-refractivity contribution in [3.8, 4) is 10.7 Å². The molecular weight excluding hydrogens is 352 g/mol. The molecule has 0 aromatic carbocycles. The van der Waals surface area contributed by atoms with Crippen molar-refractivity contribution in [2.24, 2.45) is 11.8 Å². The maximum atomic E-state index is 13.1. The van der Waals surface area contributed by atoms with Crippen LogP contribution in [-0.4, -0.2) is 65.2 Å². The average molecular weight is 374 g/mol. The molecule has 0 aliphatic carbocycles. The lowest BCUT2D eigenvalue weighted by Crippen LogP contribution is -2.55. The van der Waals surface area contributed by atoms with Gasteiger partial charge < -0.3 is 19.1 Å². The van der Waals surface area contributed by atoms with Gasteiger partial charge in [0.05, 0.1) is 23.9 Å². The fourth-order valence-electron chi connectivity index (χ4n) is 4.35. The van der Waals surface area contributed by atoms with Crippen LogP contribution in [-0.2, 0) is 9.53 Å². The Morgan fingerprint density at radius 3 is 2.85 bits per heavy atom. The minimum atomic E-state index is -0.338. The molecule has 2 atom stereocenters. The molecule has 4 aliphatic rings. The second kappa shape index (κ2) is 6.75. The molecule has 2 aromatic heterocycles. The van der Waals surface area contributed by atoms with Gasteiger partial charge in [-0.1, -0.05) is 11.2 Å². The Balaban J connectivity index is 1.28. The van der Waals surface area contributed by atoms with Crippen molar-refractivity contribution in [1.82, 2.24) is 19.9 Å². The monoisotopic (exact) mass is 374 g/mol. The Labute approximate surface area is 155 Å². The van der Waals surface area contributed by atoms with Crippen LogP contribution in [0, 0.1) is 11.8 Å². The van der Waals surface area contributed by atoms with Gasteiger partial charge in [-0.2, -0.15) is 4.98 Å². The first-order valence-corrected chi connectivity index (χ1v) is 10.2. The molecule has 4 fully saturated rings. The SMILES string of the molecule is O=C([C@H]1CN2CCC1CC2)N1CCO[C@@H](c2nc(-c3cccs3)no2)C1. The van der Waals surface area contributed by atoms with E-state index in [0.717, 1.165) is 37.4 Å². The molecule has 4 saturated heterocycles. The lowest BCUT2D eigenvalue weighted by atomic mass is 9.78. The molecule has 2 aromatic rings. The number of rotatable bonds is 3. The molecule has 6 heterocycles. The van der Waals surface area contributed by atoms with Crippen molar-refractivity contribution >= 4 is 17.2 Å². The molecule has 2 bridgehead atoms. The standard InChI is InChI=1S/C18H22N4O3S/c23-18(13-10-21-5-3-12(13)4-6-21)22-7-8-24-14(11-22)17-19-16(20-25-17)15-2-1-9-26-15/h1-2,9,12-14H,3-8,10-11H2/t13-,14+/m0/s1. The van der Waals surface area contributed by atoms with E-state index in [2.05, 4.69) is 15.0 Å². The first kappa shape index (κ1) is 16.4. The van der Waals surface area contributed by atoms with Crippen molar-refractivity contribution in [2.45, 2.75) is 18.9 Å². The fraction of sp³-hybridized carbons (Fsp3) is 0.611. The second-order valence-electron chi connectivity index (χ2n) is 7.32. The number of hydrogen-bond acceptors (Lipinski definition) is 7. The van der Waals surface area contributed by atoms with E-state index >= 15 is 0 Å². The third kappa shape index (κ3) is 2.95. The predicted molar refractivity (Wildman–Crippen MR) is 95.5 cm³/mol. The van der Waals surface area contributed by atoms with Gasteiger partial charge in [-0.15, -0.1) is 11.3 Å². The van der Waals surface area contributed by atoms with Gasteiger partial charge in [-0.25, -0.2) is 0 Å². The third-order valence-corrected chi connectivity index (χ3v) is 6.68. The minimum Gasteiger partial charge on any atom is -0.365 e. The number of hydrogen-bond donors (Lipinski definition) is 0. The molecule has 26 heavy (non-hydrogen) atoms. The van der Waals surface area contributed by atoms with Gasteiger partial charge in [0.2, 0.25) is 11.7 Å². The summed E-state index contributed by atoms with van der Waals surface area (Å²) in [5.41, 5.74) is 0. The molecule has 138 valence electrons. The van der Waals surface area contributed by atoms with E-state index in [4.69, 9.17) is 9.26 Å². The first-order chi connectivity index (χ1) is 12.8. The largest absolute Gasteiger partial charge is 0.365 e. The number of nitrogens with zero attached hydrogens (tertiary/aromatic N) is 4. The van der Waals surface area contributed by atoms with E-state index in [1.54, 1.807) is 11.3 Å². The molecule has 4 aliphatic heterocycles. The van der Waals surface area contributed by atoms with Crippen LogP contribution in [0.4, 0.5) is 0 Å². The van der Waals surface area contributed by atoms with E-state index in [-0.39, 0.29) is 17.9 Å². The molecule has 6 rings (SSSR count). The Bertz CT molecular complexity index is 769. The number of thiophene rings is 1. The fourth-order valence-corrected chi connectivity index (χ4v) is 5.00. The van der Waals surface area contributed by atoms with Gasteiger partial charge in [0.1, 0.15) is 0 Å². The van der Waals surface area contributed by atoms with Gasteiger partial charge in [0, 0.05) is 13.1 Å². The topological polar surface area (TPSA) is 71.7 Å². The number of morpholine rings is 1. The van der Waals surface area contributed by atoms with E-state index in [1.807, 2.05) is 22.4 Å². The number of carbonyl (C=O) groups is 1. The van der Waals surface area contributed by atoms with Crippen LogP contribution < -0.4 is 0 Å². The molecule has 7 nitrogen and oxygen atoms in total. The van der Waals surface area contributed by atoms with Gasteiger partial charge in [0.15, 0.2) is 6.10 Å². The summed E-state index contributed by atoms with van der Waals surface area (Å²) in [6, 6.07) is 3.92. The van der Waals surface area contributed by atoms with Crippen LogP contribution in [0.25, 0.3) is 10.7 Å². The van der Waals surface area contributed by atoms with Crippen LogP contribution in [0.2, 0.25) is 0 Å². The maximum absolute atomic E-state index is 13.1. The second-order valence-corrected chi connectivity index (χ2v) is 8.27. The molecule has 0 saturated carbocycles. The van der Waals surface area contributed by atoms with Crippen LogP contribution in [0.5, 0.6) is 0 Å². The Morgan fingerprint density at radius 2 is 2.12 bits per heavy atom. The van der Waals surface area contributed by atoms with Gasteiger partial charge in [-0.3, -0.25) is 4.79 Å². The zero-order valence-electron chi connectivity index (χ0n) is 14.5. The normalized spacial score (nSPS) is 31.3. The third-order valence-electron chi connectivity index (χ3n) is 5.81. The van der Waals surface area contributed by atoms with Crippen molar-refractivity contribution in [1.29, 1.82) is 0 Å². The highest BCUT2D eigenvalue weighted by Crippen LogP contribution is 2.34. The first-order valence-electron chi connectivity index (χ1n) is 9.28. The number of amides is 1. The number of fused-ring (bicyclic) bond motifs is 3. The Hall–Kier alpha value is -1.77. The van der Waals surface area contributed by atoms with Crippen LogP contribution in [0.15, 0.2) is 22.0 Å². The van der Waals surface area contributed by atoms with Crippen molar-refractivity contribution < 1.29 is 14.1 Å². The molecule has 8 heteroatoms. The summed E-state index contributed by atoms with van der Waals surface area (Å²) in [5.74, 6) is 1.99. The van der Waals surface area contributed by atoms with Crippen LogP contribution in [0.1, 0.15) is 24.8 Å². The van der Waals surface area contributed by atoms with E-state index in [1.165, 1.54) is 0 Å². The Morgan fingerprint density at radius 1 is 1.23 bits per heavy atom. The zero-order valence-corrected chi connectivity index (χ0v) is 15.4. The molecule has 1 amide bonds. The predicted octanol–water partition coefficient (Wildman–Crippen LogP) is 2.04. The average Bonchev–Trinajstić information content (AvgIpc) is 3.40. The molecular formula is C18H22N4O3S. The summed E-state index contributed by atoms with van der Waals surface area (Å²) >= 11 is 1.57. The van der Waals surface area contributed by atoms with Gasteiger partial charge in [0.25, 0.3) is 5.89 Å². The number of carbonyl (C=O) groups excluding carboxylic acids is 1. The molecule has 0 radical (unpaired) electrons. The van der Waals surface area contributed by atoms with Crippen LogP contribution >= 0.6 is 11.3 Å². The van der Waals surface area contributed by atoms with E-state index in [0.29, 0.717) is 37.3 Å². The van der Waals surface area contributed by atoms with Gasteiger partial charge in [-0.05, 0) is 43.3 Å². The summed E-state index contributed by atoms with van der Waals surface area (Å²) < 4.78 is 11.3. The zero-order chi connectivity index (χ0) is 17.5. The number of piperidine rings is 3. The van der Waals surface area contributed by atoms with Crippen molar-refractivity contribution in [3.63, 3.8) is 0 Å². The summed E-state index contributed by atoms with van der Waals surface area (Å²) in [7, 11) is 0. The summed E-state index contributed by atoms with van der Waals surface area (Å²) in [5, 5.41) is 6.04. The summed E-state index contributed by atoms with van der Waals surface area (Å²) in [6.07, 6.45) is 1.96. The van der Waals surface area contributed by atoms with E-state index in [9.17, 15) is 4.79 Å². The highest BCUT2D eigenvalue weighted by atomic mass is 32.1. The highest BCUT2D eigenvalue weighted by Gasteiger charge is 2.41. The summed E-state index contributed by atoms with van der Waals surface area (Å²) in [4.78, 5) is 22.9. The number of aromatic nitrogens is 2. The molecule has 0 N–H and O–H groups in total. The maximum Gasteiger partial charge on any atom is 0.257 e. The molecule has 0 unspecified atom stereocenters. The van der Waals surface area contributed by atoms with E-state index < -0.39 is 0 Å². The minimum absolute atomic E-state index is 0.139. The summed E-state index contributed by atoms with van der Waals surface area (Å²) in [6.45, 7) is 4.85. The van der Waals surface area contributed by atoms with Gasteiger partial charge >= 0.3 is 0 Å². The highest BCUT2D eigenvalue weighted by molar-refractivity contribution is 7.13. The van der Waals surface area contributed by atoms with Crippen LogP contribution in [0.3, 0.4) is 0 Å². The number of ether oxygens (including phenoxy) is 1.